The van der Waals surface area contributed by atoms with Gasteiger partial charge in [0.15, 0.2) is 0 Å². The van der Waals surface area contributed by atoms with Crippen LogP contribution < -0.4 is 31.9 Å². The minimum atomic E-state index is -1.33. The van der Waals surface area contributed by atoms with E-state index in [1.54, 1.807) is 7.05 Å². The van der Waals surface area contributed by atoms with Gasteiger partial charge in [-0.2, -0.15) is 0 Å². The number of likely N-dealkylation sites (N-methyl/N-ethyl adjacent to an activating group) is 1. The van der Waals surface area contributed by atoms with Gasteiger partial charge >= 0.3 is 17.9 Å². The van der Waals surface area contributed by atoms with Gasteiger partial charge in [0.1, 0.15) is 12.1 Å². The van der Waals surface area contributed by atoms with E-state index in [9.17, 15) is 58.5 Å². The summed E-state index contributed by atoms with van der Waals surface area (Å²) in [4.78, 5) is 111. The summed E-state index contributed by atoms with van der Waals surface area (Å²) in [6.07, 6.45) is 5.68. The van der Waals surface area contributed by atoms with Crippen molar-refractivity contribution >= 4 is 53.4 Å². The van der Waals surface area contributed by atoms with E-state index >= 15 is 0 Å². The number of hydrogen-bond acceptors (Lipinski definition) is 14. The average Bonchev–Trinajstić information content (AvgIpc) is 3.58. The first-order valence-electron chi connectivity index (χ1n) is 24.9. The number of hydrogen-bond donors (Lipinski definition) is 9. The van der Waals surface area contributed by atoms with Gasteiger partial charge in [-0.25, -0.2) is 4.79 Å². The van der Waals surface area contributed by atoms with E-state index in [1.807, 2.05) is 13.8 Å². The van der Waals surface area contributed by atoms with Gasteiger partial charge < -0.3 is 61.4 Å². The van der Waals surface area contributed by atoms with Crippen molar-refractivity contribution in [1.29, 1.82) is 0 Å². The van der Waals surface area contributed by atoms with Gasteiger partial charge in [-0.15, -0.1) is 0 Å². The summed E-state index contributed by atoms with van der Waals surface area (Å²) in [7, 11) is 1.61. The molecule has 1 aliphatic heterocycles. The molecule has 0 aromatic rings. The number of aliphatic carboxylic acids is 3. The van der Waals surface area contributed by atoms with Crippen LogP contribution in [0.1, 0.15) is 130 Å². The molecule has 2 rings (SSSR count). The minimum absolute atomic E-state index is 0.0317. The Balaban J connectivity index is 1.57. The number of nitrogens with one attached hydrogen (secondary N) is 6. The number of carbonyl (C=O) groups excluding carboxylic acids is 6. The molecular weight excluding hydrogens is 915 g/mol. The number of carbonyl (C=O) groups is 9. The van der Waals surface area contributed by atoms with Crippen molar-refractivity contribution in [3.05, 3.63) is 0 Å². The Bertz CT molecular complexity index is 1690. The molecule has 0 aromatic heterocycles. The Labute approximate surface area is 412 Å². The number of imide groups is 1. The zero-order chi connectivity index (χ0) is 52.1. The van der Waals surface area contributed by atoms with Crippen molar-refractivity contribution in [2.45, 2.75) is 149 Å². The number of carboxylic acids is 3. The molecule has 0 bridgehead atoms. The highest BCUT2D eigenvalue weighted by molar-refractivity contribution is 6.05. The van der Waals surface area contributed by atoms with Gasteiger partial charge in [0.2, 0.25) is 35.4 Å². The van der Waals surface area contributed by atoms with E-state index in [0.29, 0.717) is 77.8 Å². The summed E-state index contributed by atoms with van der Waals surface area (Å²) in [6.45, 7) is 12.6. The molecule has 22 nitrogen and oxygen atoms in total. The quantitative estimate of drug-likeness (QED) is 0.0312. The molecule has 2 fully saturated rings. The van der Waals surface area contributed by atoms with Crippen molar-refractivity contribution in [1.82, 2.24) is 36.8 Å². The van der Waals surface area contributed by atoms with Crippen LogP contribution in [0.3, 0.4) is 0 Å². The molecule has 3 unspecified atom stereocenters. The fraction of sp³-hybridized carbons (Fsp3) is 0.812. The van der Waals surface area contributed by atoms with Crippen molar-refractivity contribution in [2.75, 3.05) is 79.4 Å². The van der Waals surface area contributed by atoms with Gasteiger partial charge in [0.05, 0.1) is 45.3 Å². The lowest BCUT2D eigenvalue weighted by Crippen LogP contribution is -2.48. The van der Waals surface area contributed by atoms with E-state index in [2.05, 4.69) is 45.7 Å². The standard InChI is InChI=1S/C48H83N7O15/c1-47(2,17-18-48(3,4)31-42(61)62)19-22-50-32-33-8-10-34(11-9-33)43(63)54-36(46(66)67)12-14-39(57)53-35(13-15-41(59)60)44(64)52-21-7-25-69-27-29-70-28-26-68-24-6-20-51-38(56)16-23-55-40(58)30-37(49-5)45(55)65/h33-37,49-50H,6-32H2,1-5H3,(H,51,56)(H,52,64)(H,53,57)(H,54,63)(H,59,60)(H,61,62)(H,66,67). The van der Waals surface area contributed by atoms with Crippen LogP contribution in [-0.4, -0.2) is 171 Å². The molecule has 22 heteroatoms. The average molecular weight is 998 g/mol. The third-order valence-corrected chi connectivity index (χ3v) is 12.8. The Morgan fingerprint density at radius 3 is 1.83 bits per heavy atom. The second-order valence-corrected chi connectivity index (χ2v) is 19.9. The topological polar surface area (TPSA) is 317 Å². The first-order chi connectivity index (χ1) is 33.1. The highest BCUT2D eigenvalue weighted by atomic mass is 16.5. The summed E-state index contributed by atoms with van der Waals surface area (Å²) in [6, 6.07) is -3.03. The zero-order valence-electron chi connectivity index (χ0n) is 42.2. The normalized spacial score (nSPS) is 18.2. The zero-order valence-corrected chi connectivity index (χ0v) is 42.2. The summed E-state index contributed by atoms with van der Waals surface area (Å²) < 4.78 is 16.5. The summed E-state index contributed by atoms with van der Waals surface area (Å²) >= 11 is 0. The smallest absolute Gasteiger partial charge is 0.326 e. The highest BCUT2D eigenvalue weighted by Crippen LogP contribution is 2.35. The van der Waals surface area contributed by atoms with E-state index < -0.39 is 54.3 Å². The molecule has 0 radical (unpaired) electrons. The predicted octanol–water partition coefficient (Wildman–Crippen LogP) is 1.58. The van der Waals surface area contributed by atoms with Crippen molar-refractivity contribution < 1.29 is 72.7 Å². The fourth-order valence-corrected chi connectivity index (χ4v) is 8.19. The maximum absolute atomic E-state index is 13.1. The minimum Gasteiger partial charge on any atom is -0.481 e. The van der Waals surface area contributed by atoms with E-state index in [1.165, 1.54) is 0 Å². The third kappa shape index (κ3) is 26.4. The molecule has 1 aliphatic carbocycles. The van der Waals surface area contributed by atoms with Gasteiger partial charge in [0, 0.05) is 58.0 Å². The van der Waals surface area contributed by atoms with Crippen LogP contribution in [0.4, 0.5) is 0 Å². The van der Waals surface area contributed by atoms with Gasteiger partial charge in [-0.05, 0) is 108 Å². The molecule has 0 spiro atoms. The van der Waals surface area contributed by atoms with Crippen LogP contribution in [0.25, 0.3) is 0 Å². The van der Waals surface area contributed by atoms with Crippen LogP contribution >= 0.6 is 0 Å². The first-order valence-corrected chi connectivity index (χ1v) is 24.9. The Morgan fingerprint density at radius 2 is 1.26 bits per heavy atom. The number of amides is 6. The van der Waals surface area contributed by atoms with Crippen LogP contribution in [0.15, 0.2) is 0 Å². The Morgan fingerprint density at radius 1 is 0.671 bits per heavy atom. The number of carboxylic acid groups (broad SMARTS) is 3. The van der Waals surface area contributed by atoms with Crippen LogP contribution in [-0.2, 0) is 57.4 Å². The summed E-state index contributed by atoms with van der Waals surface area (Å²) in [5.41, 5.74) is -0.198. The number of rotatable bonds is 39. The summed E-state index contributed by atoms with van der Waals surface area (Å²) in [5.74, 6) is -5.70. The van der Waals surface area contributed by atoms with Crippen LogP contribution in [0, 0.1) is 22.7 Å². The summed E-state index contributed by atoms with van der Waals surface area (Å²) in [5, 5.41) is 45.1. The SMILES string of the molecule is CNC1CC(=O)N(CCC(=O)NCCCOCCOCCOCCCNC(=O)C(CCC(=O)O)NC(=O)CCC(NC(=O)C2CCC(CNCCC(C)(C)CCC(C)(C)CC(=O)O)CC2)C(=O)O)C1=O. The maximum Gasteiger partial charge on any atom is 0.326 e. The monoisotopic (exact) mass is 998 g/mol. The second kappa shape index (κ2) is 33.0. The molecule has 0 aromatic carbocycles. The van der Waals surface area contributed by atoms with Crippen LogP contribution in [0.2, 0.25) is 0 Å². The highest BCUT2D eigenvalue weighted by Gasteiger charge is 2.37. The van der Waals surface area contributed by atoms with Crippen molar-refractivity contribution in [3.8, 4) is 0 Å². The lowest BCUT2D eigenvalue weighted by molar-refractivity contribution is -0.143. The second-order valence-electron chi connectivity index (χ2n) is 19.9. The molecule has 1 saturated carbocycles. The molecule has 400 valence electrons. The molecule has 70 heavy (non-hydrogen) atoms. The molecule has 9 N–H and O–H groups in total. The lowest BCUT2D eigenvalue weighted by atomic mass is 9.76. The third-order valence-electron chi connectivity index (χ3n) is 12.8. The van der Waals surface area contributed by atoms with Crippen molar-refractivity contribution in [3.63, 3.8) is 0 Å². The van der Waals surface area contributed by atoms with Gasteiger partial charge in [-0.1, -0.05) is 27.7 Å². The van der Waals surface area contributed by atoms with Gasteiger partial charge in [-0.3, -0.25) is 43.3 Å². The molecule has 6 amide bonds. The Hall–Kier alpha value is -4.77. The predicted molar refractivity (Wildman–Crippen MR) is 256 cm³/mol. The lowest BCUT2D eigenvalue weighted by Gasteiger charge is -2.31. The largest absolute Gasteiger partial charge is 0.481 e. The number of ether oxygens (including phenoxy) is 3. The van der Waals surface area contributed by atoms with Gasteiger partial charge in [0.25, 0.3) is 0 Å². The number of nitrogens with zero attached hydrogens (tertiary/aromatic N) is 1. The first kappa shape index (κ1) is 61.3. The molecule has 2 aliphatic rings. The van der Waals surface area contributed by atoms with E-state index in [0.717, 1.165) is 50.1 Å². The fourth-order valence-electron chi connectivity index (χ4n) is 8.19. The maximum atomic E-state index is 13.1. The Kier molecular flexibility index (Phi) is 28.9. The van der Waals surface area contributed by atoms with E-state index in [4.69, 9.17) is 14.2 Å². The molecular formula is C48H83N7O15. The van der Waals surface area contributed by atoms with E-state index in [-0.39, 0.29) is 92.0 Å². The molecule has 1 heterocycles. The molecule has 1 saturated heterocycles. The van der Waals surface area contributed by atoms with Crippen molar-refractivity contribution in [2.24, 2.45) is 22.7 Å². The van der Waals surface area contributed by atoms with Crippen LogP contribution in [0.5, 0.6) is 0 Å². The molecule has 3 atom stereocenters. The number of likely N-dealkylation sites (tertiary alicyclic amines) is 1.